The van der Waals surface area contributed by atoms with Gasteiger partial charge in [0, 0.05) is 29.9 Å². The van der Waals surface area contributed by atoms with Gasteiger partial charge < -0.3 is 5.11 Å². The van der Waals surface area contributed by atoms with Crippen LogP contribution in [0.4, 0.5) is 8.78 Å². The third kappa shape index (κ3) is 1.72. The Bertz CT molecular complexity index is 827. The second kappa shape index (κ2) is 4.26. The predicted octanol–water partition coefficient (Wildman–Crippen LogP) is 2.93. The van der Waals surface area contributed by atoms with Crippen molar-refractivity contribution in [3.05, 3.63) is 41.7 Å². The zero-order chi connectivity index (χ0) is 14.4. The molecular weight excluding hydrogens is 264 g/mol. The molecule has 0 aliphatic carbocycles. The lowest BCUT2D eigenvalue weighted by molar-refractivity contribution is 0.397. The van der Waals surface area contributed by atoms with E-state index in [9.17, 15) is 13.9 Å². The molecule has 0 fully saturated rings. The molecule has 6 heteroatoms. The van der Waals surface area contributed by atoms with Crippen molar-refractivity contribution in [2.45, 2.75) is 6.92 Å². The number of aromatic nitrogens is 3. The van der Waals surface area contributed by atoms with Crippen LogP contribution in [0.1, 0.15) is 5.69 Å². The van der Waals surface area contributed by atoms with Crippen LogP contribution in [-0.4, -0.2) is 19.9 Å². The minimum Gasteiger partial charge on any atom is -0.503 e. The predicted molar refractivity (Wildman–Crippen MR) is 70.3 cm³/mol. The zero-order valence-corrected chi connectivity index (χ0v) is 10.9. The molecule has 102 valence electrons. The SMILES string of the molecule is Cc1cc2c(cn1)c(-c1ccc(F)c(O)c1F)nn2C. The molecule has 0 amide bonds. The van der Waals surface area contributed by atoms with Crippen LogP contribution < -0.4 is 0 Å². The molecule has 3 aromatic rings. The number of rotatable bonds is 1. The number of benzene rings is 1. The van der Waals surface area contributed by atoms with E-state index < -0.39 is 17.4 Å². The minimum absolute atomic E-state index is 0.0418. The Morgan fingerprint density at radius 2 is 2.00 bits per heavy atom. The van der Waals surface area contributed by atoms with Gasteiger partial charge in [0.05, 0.1) is 5.52 Å². The summed E-state index contributed by atoms with van der Waals surface area (Å²) in [7, 11) is 1.73. The van der Waals surface area contributed by atoms with E-state index in [0.717, 1.165) is 17.3 Å². The van der Waals surface area contributed by atoms with E-state index in [1.807, 2.05) is 13.0 Å². The third-order valence-corrected chi connectivity index (χ3v) is 3.19. The Morgan fingerprint density at radius 1 is 1.25 bits per heavy atom. The number of hydrogen-bond acceptors (Lipinski definition) is 3. The van der Waals surface area contributed by atoms with Crippen molar-refractivity contribution in [2.24, 2.45) is 7.05 Å². The fraction of sp³-hybridized carbons (Fsp3) is 0.143. The van der Waals surface area contributed by atoms with Gasteiger partial charge in [-0.2, -0.15) is 5.10 Å². The number of aromatic hydroxyl groups is 1. The molecule has 2 heterocycles. The van der Waals surface area contributed by atoms with E-state index in [1.54, 1.807) is 17.9 Å². The fourth-order valence-corrected chi connectivity index (χ4v) is 2.18. The molecular formula is C14H11F2N3O. The minimum atomic E-state index is -1.02. The number of aryl methyl sites for hydroxylation is 2. The number of nitrogens with zero attached hydrogens (tertiary/aromatic N) is 3. The van der Waals surface area contributed by atoms with Crippen LogP contribution in [0.2, 0.25) is 0 Å². The topological polar surface area (TPSA) is 50.9 Å². The highest BCUT2D eigenvalue weighted by Crippen LogP contribution is 2.33. The van der Waals surface area contributed by atoms with Gasteiger partial charge in [-0.05, 0) is 25.1 Å². The Balaban J connectivity index is 2.33. The molecule has 1 aromatic carbocycles. The van der Waals surface area contributed by atoms with Gasteiger partial charge in [-0.15, -0.1) is 0 Å². The van der Waals surface area contributed by atoms with Gasteiger partial charge in [-0.25, -0.2) is 8.78 Å². The van der Waals surface area contributed by atoms with E-state index in [-0.39, 0.29) is 5.56 Å². The lowest BCUT2D eigenvalue weighted by Gasteiger charge is -2.03. The van der Waals surface area contributed by atoms with Gasteiger partial charge in [0.25, 0.3) is 0 Å². The molecule has 20 heavy (non-hydrogen) atoms. The summed E-state index contributed by atoms with van der Waals surface area (Å²) >= 11 is 0. The Kier molecular flexibility index (Phi) is 2.67. The highest BCUT2D eigenvalue weighted by molar-refractivity contribution is 5.93. The van der Waals surface area contributed by atoms with E-state index in [0.29, 0.717) is 11.1 Å². The van der Waals surface area contributed by atoms with Crippen LogP contribution in [0.3, 0.4) is 0 Å². The first-order valence-electron chi connectivity index (χ1n) is 5.95. The Hall–Kier alpha value is -2.50. The summed E-state index contributed by atoms with van der Waals surface area (Å²) in [6.07, 6.45) is 1.59. The summed E-state index contributed by atoms with van der Waals surface area (Å²) in [5.41, 5.74) is 1.97. The first-order valence-corrected chi connectivity index (χ1v) is 5.95. The van der Waals surface area contributed by atoms with Gasteiger partial charge in [0.1, 0.15) is 5.69 Å². The molecule has 0 aliphatic rings. The smallest absolute Gasteiger partial charge is 0.188 e. The summed E-state index contributed by atoms with van der Waals surface area (Å²) in [6.45, 7) is 1.84. The molecule has 0 radical (unpaired) electrons. The highest BCUT2D eigenvalue weighted by atomic mass is 19.1. The Labute approximate surface area is 113 Å². The zero-order valence-electron chi connectivity index (χ0n) is 10.9. The quantitative estimate of drug-likeness (QED) is 0.743. The maximum Gasteiger partial charge on any atom is 0.188 e. The van der Waals surface area contributed by atoms with Crippen LogP contribution in [0.5, 0.6) is 5.75 Å². The lowest BCUT2D eigenvalue weighted by Crippen LogP contribution is -1.92. The first kappa shape index (κ1) is 12.5. The van der Waals surface area contributed by atoms with Crippen molar-refractivity contribution in [1.82, 2.24) is 14.8 Å². The van der Waals surface area contributed by atoms with Crippen LogP contribution in [0.15, 0.2) is 24.4 Å². The van der Waals surface area contributed by atoms with Crippen molar-refractivity contribution in [1.29, 1.82) is 0 Å². The average Bonchev–Trinajstić information content (AvgIpc) is 2.73. The molecule has 3 rings (SSSR count). The third-order valence-electron chi connectivity index (χ3n) is 3.19. The number of phenolic OH excluding ortho intramolecular Hbond substituents is 1. The van der Waals surface area contributed by atoms with E-state index >= 15 is 0 Å². The number of phenols is 1. The molecule has 0 aliphatic heterocycles. The molecule has 2 aromatic heterocycles. The van der Waals surface area contributed by atoms with Crippen molar-refractivity contribution in [3.63, 3.8) is 0 Å². The molecule has 4 nitrogen and oxygen atoms in total. The van der Waals surface area contributed by atoms with Gasteiger partial charge in [-0.1, -0.05) is 0 Å². The van der Waals surface area contributed by atoms with Crippen LogP contribution >= 0.6 is 0 Å². The van der Waals surface area contributed by atoms with E-state index in [1.165, 1.54) is 6.07 Å². The van der Waals surface area contributed by atoms with Crippen LogP contribution in [0.25, 0.3) is 22.2 Å². The maximum atomic E-state index is 14.0. The number of pyridine rings is 1. The largest absolute Gasteiger partial charge is 0.503 e. The molecule has 0 spiro atoms. The molecule has 0 unspecified atom stereocenters. The second-order valence-corrected chi connectivity index (χ2v) is 4.57. The van der Waals surface area contributed by atoms with Crippen LogP contribution in [0, 0.1) is 18.6 Å². The van der Waals surface area contributed by atoms with Crippen LogP contribution in [-0.2, 0) is 7.05 Å². The summed E-state index contributed by atoms with van der Waals surface area (Å²) in [5, 5.41) is 14.2. The fourth-order valence-electron chi connectivity index (χ4n) is 2.18. The van der Waals surface area contributed by atoms with Gasteiger partial charge >= 0.3 is 0 Å². The summed E-state index contributed by atoms with van der Waals surface area (Å²) in [6, 6.07) is 4.09. The standard InChI is InChI=1S/C14H11F2N3O/c1-7-5-11-9(6-17-7)13(18-19(11)2)8-3-4-10(15)14(20)12(8)16/h3-6,20H,1-2H3. The van der Waals surface area contributed by atoms with Crippen molar-refractivity contribution in [3.8, 4) is 17.0 Å². The number of fused-ring (bicyclic) bond motifs is 1. The second-order valence-electron chi connectivity index (χ2n) is 4.57. The molecule has 0 bridgehead atoms. The van der Waals surface area contributed by atoms with E-state index in [2.05, 4.69) is 10.1 Å². The average molecular weight is 275 g/mol. The van der Waals surface area contributed by atoms with Crippen molar-refractivity contribution in [2.75, 3.05) is 0 Å². The van der Waals surface area contributed by atoms with Gasteiger partial charge in [-0.3, -0.25) is 9.67 Å². The summed E-state index contributed by atoms with van der Waals surface area (Å²) in [5.74, 6) is -3.02. The normalized spacial score (nSPS) is 11.2. The number of halogens is 2. The summed E-state index contributed by atoms with van der Waals surface area (Å²) in [4.78, 5) is 4.16. The highest BCUT2D eigenvalue weighted by Gasteiger charge is 2.19. The summed E-state index contributed by atoms with van der Waals surface area (Å²) < 4.78 is 28.7. The monoisotopic (exact) mass is 275 g/mol. The first-order chi connectivity index (χ1) is 9.49. The van der Waals surface area contributed by atoms with Gasteiger partial charge in [0.2, 0.25) is 0 Å². The maximum absolute atomic E-state index is 14.0. The molecule has 0 saturated heterocycles. The Morgan fingerprint density at radius 3 is 2.75 bits per heavy atom. The molecule has 0 atom stereocenters. The van der Waals surface area contributed by atoms with Gasteiger partial charge in [0.15, 0.2) is 17.4 Å². The molecule has 1 N–H and O–H groups in total. The molecule has 0 saturated carbocycles. The van der Waals surface area contributed by atoms with Crippen molar-refractivity contribution >= 4 is 10.9 Å². The number of hydrogen-bond donors (Lipinski definition) is 1. The lowest BCUT2D eigenvalue weighted by atomic mass is 10.1. The van der Waals surface area contributed by atoms with E-state index in [4.69, 9.17) is 0 Å². The van der Waals surface area contributed by atoms with Crippen molar-refractivity contribution < 1.29 is 13.9 Å².